The molecule has 0 aliphatic rings. The minimum absolute atomic E-state index is 0.227. The van der Waals surface area contributed by atoms with E-state index in [1.165, 1.54) is 29.5 Å². The lowest BCUT2D eigenvalue weighted by Crippen LogP contribution is -2.30. The predicted molar refractivity (Wildman–Crippen MR) is 111 cm³/mol. The summed E-state index contributed by atoms with van der Waals surface area (Å²) in [4.78, 5) is 40.2. The van der Waals surface area contributed by atoms with Crippen LogP contribution < -0.4 is 10.9 Å². The molecule has 3 aromatic heterocycles. The van der Waals surface area contributed by atoms with Crippen LogP contribution in [0.5, 0.6) is 0 Å². The Morgan fingerprint density at radius 2 is 2.00 bits per heavy atom. The second-order valence-corrected chi connectivity index (χ2v) is 7.17. The molecule has 0 spiro atoms. The summed E-state index contributed by atoms with van der Waals surface area (Å²) in [6.07, 6.45) is 1.84. The Morgan fingerprint density at radius 3 is 2.70 bits per heavy atom. The number of hydrogen-bond acceptors (Lipinski definition) is 6. The summed E-state index contributed by atoms with van der Waals surface area (Å²) in [6, 6.07) is 12.0. The number of rotatable bonds is 6. The molecule has 4 rings (SSSR count). The molecule has 0 aliphatic heterocycles. The number of pyridine rings is 1. The van der Waals surface area contributed by atoms with Crippen LogP contribution in [-0.2, 0) is 6.42 Å². The van der Waals surface area contributed by atoms with Crippen LogP contribution in [0.1, 0.15) is 27.8 Å². The molecule has 0 saturated heterocycles. The van der Waals surface area contributed by atoms with Gasteiger partial charge >= 0.3 is 0 Å². The number of amides is 1. The summed E-state index contributed by atoms with van der Waals surface area (Å²) in [5, 5.41) is 4.54. The largest absolute Gasteiger partial charge is 0.343 e. The first-order chi connectivity index (χ1) is 14.6. The lowest BCUT2D eigenvalue weighted by Gasteiger charge is -2.19. The smallest absolute Gasteiger partial charge is 0.271 e. The van der Waals surface area contributed by atoms with Crippen molar-refractivity contribution in [1.29, 1.82) is 0 Å². The van der Waals surface area contributed by atoms with Crippen molar-refractivity contribution in [2.75, 3.05) is 0 Å². The molecule has 0 fully saturated rings. The number of halogens is 1. The van der Waals surface area contributed by atoms with Gasteiger partial charge in [-0.15, -0.1) is 11.3 Å². The van der Waals surface area contributed by atoms with Gasteiger partial charge in [0.1, 0.15) is 17.2 Å². The number of carbonyl (C=O) groups excluding carboxylic acids is 1. The Morgan fingerprint density at radius 1 is 1.17 bits per heavy atom. The number of carbonyl (C=O) groups is 1. The van der Waals surface area contributed by atoms with Crippen LogP contribution in [0.15, 0.2) is 70.4 Å². The van der Waals surface area contributed by atoms with Crippen molar-refractivity contribution in [3.63, 3.8) is 0 Å². The van der Waals surface area contributed by atoms with Gasteiger partial charge in [-0.2, -0.15) is 0 Å². The maximum Gasteiger partial charge on any atom is 0.271 e. The fraction of sp³-hybridized carbons (Fsp3) is 0.0952. The minimum Gasteiger partial charge on any atom is -0.343 e. The second-order valence-electron chi connectivity index (χ2n) is 6.46. The third-order valence-electron chi connectivity index (χ3n) is 4.36. The molecule has 7 nitrogen and oxygen atoms in total. The molecule has 1 amide bonds. The Kier molecular flexibility index (Phi) is 5.71. The first-order valence-corrected chi connectivity index (χ1v) is 9.99. The fourth-order valence-corrected chi connectivity index (χ4v) is 3.48. The maximum absolute atomic E-state index is 13.4. The monoisotopic (exact) mass is 421 g/mol. The number of nitrogens with one attached hydrogen (secondary N) is 2. The van der Waals surface area contributed by atoms with E-state index in [-0.39, 0.29) is 23.7 Å². The van der Waals surface area contributed by atoms with Crippen LogP contribution in [0.25, 0.3) is 11.5 Å². The van der Waals surface area contributed by atoms with Crippen molar-refractivity contribution < 1.29 is 9.18 Å². The van der Waals surface area contributed by atoms with Crippen molar-refractivity contribution >= 4 is 17.2 Å². The minimum atomic E-state index is -0.536. The number of benzene rings is 1. The highest BCUT2D eigenvalue weighted by Gasteiger charge is 2.19. The zero-order valence-corrected chi connectivity index (χ0v) is 16.4. The Labute approximate surface area is 174 Å². The molecular weight excluding hydrogens is 405 g/mol. The lowest BCUT2D eigenvalue weighted by molar-refractivity contribution is 0.0932. The van der Waals surface area contributed by atoms with Crippen LogP contribution in [0.4, 0.5) is 4.39 Å². The van der Waals surface area contributed by atoms with Crippen LogP contribution in [0, 0.1) is 5.82 Å². The first kappa shape index (κ1) is 19.6. The maximum atomic E-state index is 13.4. The highest BCUT2D eigenvalue weighted by atomic mass is 32.1. The zero-order valence-electron chi connectivity index (χ0n) is 15.6. The average molecular weight is 421 g/mol. The number of aromatic amines is 1. The Balaban J connectivity index is 1.66. The van der Waals surface area contributed by atoms with Crippen molar-refractivity contribution in [2.45, 2.75) is 12.5 Å². The Bertz CT molecular complexity index is 1190. The highest BCUT2D eigenvalue weighted by molar-refractivity contribution is 7.07. The number of nitrogens with zero attached hydrogens (tertiary/aromatic N) is 3. The SMILES string of the molecule is O=C(NC(Cc1cc(=O)[nH]c(-c2ccccn2)n1)c1ccc(F)cc1)c1cscn1. The van der Waals surface area contributed by atoms with Crippen LogP contribution in [0.2, 0.25) is 0 Å². The predicted octanol–water partition coefficient (Wildman–Crippen LogP) is 3.14. The summed E-state index contributed by atoms with van der Waals surface area (Å²) >= 11 is 1.31. The van der Waals surface area contributed by atoms with Gasteiger partial charge in [-0.3, -0.25) is 14.6 Å². The third kappa shape index (κ3) is 4.64. The molecule has 1 unspecified atom stereocenters. The van der Waals surface area contributed by atoms with Gasteiger partial charge in [0.2, 0.25) is 0 Å². The highest BCUT2D eigenvalue weighted by Crippen LogP contribution is 2.20. The standard InChI is InChI=1S/C21H16FN5O2S/c22-14-6-4-13(5-7-14)17(26-21(29)18-11-30-12-24-18)9-15-10-19(28)27-20(25-15)16-3-1-2-8-23-16/h1-8,10-12,17H,9H2,(H,26,29)(H,25,27,28). The van der Waals surface area contributed by atoms with Crippen molar-refractivity contribution in [2.24, 2.45) is 0 Å². The van der Waals surface area contributed by atoms with Gasteiger partial charge in [0.25, 0.3) is 11.5 Å². The van der Waals surface area contributed by atoms with Gasteiger partial charge in [-0.25, -0.2) is 14.4 Å². The van der Waals surface area contributed by atoms with Gasteiger partial charge in [0, 0.05) is 24.1 Å². The number of hydrogen-bond donors (Lipinski definition) is 2. The van der Waals surface area contributed by atoms with E-state index in [4.69, 9.17) is 0 Å². The topological polar surface area (TPSA) is 101 Å². The molecular formula is C21H16FN5O2S. The van der Waals surface area contributed by atoms with Crippen molar-refractivity contribution in [3.05, 3.63) is 98.7 Å². The molecule has 3 heterocycles. The molecule has 1 aromatic carbocycles. The number of thiazole rings is 1. The van der Waals surface area contributed by atoms with Gasteiger partial charge in [0.15, 0.2) is 5.82 Å². The summed E-state index contributed by atoms with van der Waals surface area (Å²) in [5.41, 5.74) is 3.21. The molecule has 0 saturated carbocycles. The van der Waals surface area contributed by atoms with Crippen molar-refractivity contribution in [1.82, 2.24) is 25.3 Å². The quantitative estimate of drug-likeness (QED) is 0.498. The molecule has 1 atom stereocenters. The van der Waals surface area contributed by atoms with Crippen LogP contribution >= 0.6 is 11.3 Å². The molecule has 150 valence electrons. The van der Waals surface area contributed by atoms with Crippen LogP contribution in [0.3, 0.4) is 0 Å². The Hall–Kier alpha value is -3.72. The molecule has 30 heavy (non-hydrogen) atoms. The summed E-state index contributed by atoms with van der Waals surface area (Å²) in [7, 11) is 0. The lowest BCUT2D eigenvalue weighted by atomic mass is 10.0. The number of aromatic nitrogens is 4. The molecule has 4 aromatic rings. The van der Waals surface area contributed by atoms with E-state index in [0.717, 1.165) is 0 Å². The second kappa shape index (κ2) is 8.75. The first-order valence-electron chi connectivity index (χ1n) is 9.04. The van der Waals surface area contributed by atoms with E-state index in [0.29, 0.717) is 28.5 Å². The zero-order chi connectivity index (χ0) is 20.9. The summed E-state index contributed by atoms with van der Waals surface area (Å²) in [5.74, 6) is -0.405. The molecule has 9 heteroatoms. The fourth-order valence-electron chi connectivity index (χ4n) is 2.95. The van der Waals surface area contributed by atoms with Gasteiger partial charge in [-0.1, -0.05) is 18.2 Å². The van der Waals surface area contributed by atoms with E-state index in [2.05, 4.69) is 25.3 Å². The summed E-state index contributed by atoms with van der Waals surface area (Å²) in [6.45, 7) is 0. The van der Waals surface area contributed by atoms with E-state index in [9.17, 15) is 14.0 Å². The van der Waals surface area contributed by atoms with Gasteiger partial charge in [-0.05, 0) is 29.8 Å². The van der Waals surface area contributed by atoms with E-state index < -0.39 is 6.04 Å². The average Bonchev–Trinajstić information content (AvgIpc) is 3.29. The molecule has 0 aliphatic carbocycles. The van der Waals surface area contributed by atoms with Crippen LogP contribution in [-0.4, -0.2) is 25.8 Å². The third-order valence-corrected chi connectivity index (χ3v) is 4.94. The van der Waals surface area contributed by atoms with E-state index in [1.54, 1.807) is 47.4 Å². The molecule has 2 N–H and O–H groups in total. The molecule has 0 bridgehead atoms. The van der Waals surface area contributed by atoms with Gasteiger partial charge in [0.05, 0.1) is 17.2 Å². The normalized spacial score (nSPS) is 11.8. The summed E-state index contributed by atoms with van der Waals surface area (Å²) < 4.78 is 13.4. The molecule has 0 radical (unpaired) electrons. The van der Waals surface area contributed by atoms with Gasteiger partial charge < -0.3 is 10.3 Å². The number of H-pyrrole nitrogens is 1. The van der Waals surface area contributed by atoms with Crippen molar-refractivity contribution in [3.8, 4) is 11.5 Å². The van der Waals surface area contributed by atoms with E-state index in [1.807, 2.05) is 0 Å². The van der Waals surface area contributed by atoms with E-state index >= 15 is 0 Å².